The molecule has 1 saturated heterocycles. The van der Waals surface area contributed by atoms with E-state index in [4.69, 9.17) is 0 Å². The van der Waals surface area contributed by atoms with Gasteiger partial charge in [-0.15, -0.1) is 0 Å². The number of piperidine rings is 1. The van der Waals surface area contributed by atoms with Gasteiger partial charge in [-0.05, 0) is 48.9 Å². The molecule has 4 heteroatoms. The van der Waals surface area contributed by atoms with Gasteiger partial charge < -0.3 is 5.32 Å². The first-order valence-corrected chi connectivity index (χ1v) is 5.94. The Kier molecular flexibility index (Phi) is 2.43. The Hall–Kier alpha value is -1.03. The molecule has 2 fully saturated rings. The number of benzene rings is 1. The number of fused-ring (bicyclic) bond motifs is 1. The highest BCUT2D eigenvalue weighted by molar-refractivity contribution is 5.27. The average Bonchev–Trinajstić information content (AvgIpc) is 3.06. The zero-order valence-corrected chi connectivity index (χ0v) is 9.30. The zero-order valence-electron chi connectivity index (χ0n) is 9.30. The van der Waals surface area contributed by atoms with Crippen molar-refractivity contribution >= 4 is 0 Å². The Bertz CT molecular complexity index is 410. The minimum absolute atomic E-state index is 0.237. The maximum absolute atomic E-state index is 12.4. The van der Waals surface area contributed by atoms with E-state index in [9.17, 15) is 13.2 Å². The third-order valence-corrected chi connectivity index (χ3v) is 3.87. The van der Waals surface area contributed by atoms with Crippen LogP contribution in [0.3, 0.4) is 0 Å². The number of hydrogen-bond donors (Lipinski definition) is 1. The Morgan fingerprint density at radius 1 is 1.00 bits per heavy atom. The first kappa shape index (κ1) is 11.1. The van der Waals surface area contributed by atoms with Gasteiger partial charge in [-0.25, -0.2) is 0 Å². The summed E-state index contributed by atoms with van der Waals surface area (Å²) in [7, 11) is 0. The van der Waals surface area contributed by atoms with E-state index in [2.05, 4.69) is 5.32 Å². The van der Waals surface area contributed by atoms with Crippen LogP contribution in [0, 0.1) is 11.8 Å². The van der Waals surface area contributed by atoms with Gasteiger partial charge in [0.25, 0.3) is 0 Å². The smallest absolute Gasteiger partial charge is 0.310 e. The molecule has 1 heterocycles. The highest BCUT2D eigenvalue weighted by atomic mass is 19.4. The summed E-state index contributed by atoms with van der Waals surface area (Å²) >= 11 is 0. The normalized spacial score (nSPS) is 32.1. The largest absolute Gasteiger partial charge is 0.416 e. The van der Waals surface area contributed by atoms with Crippen LogP contribution < -0.4 is 5.32 Å². The van der Waals surface area contributed by atoms with E-state index in [0.29, 0.717) is 0 Å². The fourth-order valence-electron chi connectivity index (χ4n) is 2.69. The summed E-state index contributed by atoms with van der Waals surface area (Å²) in [5.74, 6) is 1.62. The van der Waals surface area contributed by atoms with Gasteiger partial charge in [0.05, 0.1) is 5.56 Å². The lowest BCUT2D eigenvalue weighted by atomic mass is 9.96. The van der Waals surface area contributed by atoms with Gasteiger partial charge in [-0.3, -0.25) is 0 Å². The van der Waals surface area contributed by atoms with Gasteiger partial charge >= 0.3 is 6.18 Å². The third-order valence-electron chi connectivity index (χ3n) is 3.87. The lowest BCUT2D eigenvalue weighted by Crippen LogP contribution is -2.28. The van der Waals surface area contributed by atoms with Crippen LogP contribution in [0.15, 0.2) is 24.3 Å². The van der Waals surface area contributed by atoms with Gasteiger partial charge in [0, 0.05) is 6.04 Å². The van der Waals surface area contributed by atoms with Crippen molar-refractivity contribution in [1.82, 2.24) is 5.32 Å². The molecule has 1 aromatic rings. The second kappa shape index (κ2) is 3.73. The number of alkyl halides is 3. The molecule has 1 N–H and O–H groups in total. The number of hydrogen-bond acceptors (Lipinski definition) is 1. The molecular weight excluding hydrogens is 227 g/mol. The van der Waals surface area contributed by atoms with Crippen LogP contribution in [-0.4, -0.2) is 6.54 Å². The van der Waals surface area contributed by atoms with Crippen molar-refractivity contribution in [2.24, 2.45) is 11.8 Å². The summed E-state index contributed by atoms with van der Waals surface area (Å²) in [6, 6.07) is 5.79. The number of rotatable bonds is 1. The fourth-order valence-corrected chi connectivity index (χ4v) is 2.69. The molecule has 2 aliphatic rings. The first-order valence-electron chi connectivity index (χ1n) is 5.94. The van der Waals surface area contributed by atoms with Crippen LogP contribution >= 0.6 is 0 Å². The molecule has 3 unspecified atom stereocenters. The molecule has 0 spiro atoms. The van der Waals surface area contributed by atoms with Crippen LogP contribution in [0.2, 0.25) is 0 Å². The topological polar surface area (TPSA) is 12.0 Å². The molecule has 1 aliphatic heterocycles. The number of nitrogens with one attached hydrogen (secondary N) is 1. The predicted octanol–water partition coefficient (Wildman–Crippen LogP) is 3.38. The van der Waals surface area contributed by atoms with E-state index >= 15 is 0 Å². The molecule has 0 radical (unpaired) electrons. The van der Waals surface area contributed by atoms with Crippen LogP contribution in [0.25, 0.3) is 0 Å². The Morgan fingerprint density at radius 3 is 2.29 bits per heavy atom. The lowest BCUT2D eigenvalue weighted by molar-refractivity contribution is -0.137. The zero-order chi connectivity index (χ0) is 12.0. The standard InChI is InChI=1S/C13H14F3N/c14-13(15,16)11-3-1-8(2-4-11)12-6-9-5-10(9)7-17-12/h1-4,9-10,12,17H,5-7H2. The monoisotopic (exact) mass is 241 g/mol. The highest BCUT2D eigenvalue weighted by Crippen LogP contribution is 2.47. The van der Waals surface area contributed by atoms with E-state index in [0.717, 1.165) is 30.4 Å². The Balaban J connectivity index is 1.75. The van der Waals surface area contributed by atoms with E-state index < -0.39 is 11.7 Å². The van der Waals surface area contributed by atoms with Gasteiger partial charge in [0.1, 0.15) is 0 Å². The van der Waals surface area contributed by atoms with Crippen molar-refractivity contribution in [2.75, 3.05) is 6.54 Å². The van der Waals surface area contributed by atoms with Crippen molar-refractivity contribution in [2.45, 2.75) is 25.1 Å². The predicted molar refractivity (Wildman–Crippen MR) is 58.4 cm³/mol. The molecule has 92 valence electrons. The fraction of sp³-hybridized carbons (Fsp3) is 0.538. The lowest BCUT2D eigenvalue weighted by Gasteiger charge is -2.23. The van der Waals surface area contributed by atoms with Crippen molar-refractivity contribution in [3.05, 3.63) is 35.4 Å². The van der Waals surface area contributed by atoms with Crippen LogP contribution in [0.1, 0.15) is 30.0 Å². The van der Waals surface area contributed by atoms with Crippen molar-refractivity contribution in [3.63, 3.8) is 0 Å². The molecule has 17 heavy (non-hydrogen) atoms. The Labute approximate surface area is 98.0 Å². The molecule has 1 saturated carbocycles. The SMILES string of the molecule is FC(F)(F)c1ccc(C2CC3CC3CN2)cc1. The molecular formula is C13H14F3N. The van der Waals surface area contributed by atoms with Crippen molar-refractivity contribution in [1.29, 1.82) is 0 Å². The maximum atomic E-state index is 12.4. The second-order valence-electron chi connectivity index (χ2n) is 5.07. The molecule has 0 bridgehead atoms. The van der Waals surface area contributed by atoms with Gasteiger partial charge in [0.2, 0.25) is 0 Å². The van der Waals surface area contributed by atoms with Crippen LogP contribution in [-0.2, 0) is 6.18 Å². The summed E-state index contributed by atoms with van der Waals surface area (Å²) in [5.41, 5.74) is 0.407. The van der Waals surface area contributed by atoms with Gasteiger partial charge in [-0.2, -0.15) is 13.2 Å². The Morgan fingerprint density at radius 2 is 1.71 bits per heavy atom. The molecule has 1 aromatic carbocycles. The molecule has 3 atom stereocenters. The summed E-state index contributed by atoms with van der Waals surface area (Å²) in [6.07, 6.45) is -1.89. The molecule has 3 rings (SSSR count). The quantitative estimate of drug-likeness (QED) is 0.794. The van der Waals surface area contributed by atoms with E-state index in [1.807, 2.05) is 0 Å². The summed E-state index contributed by atoms with van der Waals surface area (Å²) in [4.78, 5) is 0. The molecule has 1 aliphatic carbocycles. The van der Waals surface area contributed by atoms with Gasteiger partial charge in [-0.1, -0.05) is 12.1 Å². The van der Waals surface area contributed by atoms with Crippen LogP contribution in [0.5, 0.6) is 0 Å². The average molecular weight is 241 g/mol. The van der Waals surface area contributed by atoms with E-state index in [1.165, 1.54) is 18.6 Å². The molecule has 0 aromatic heterocycles. The van der Waals surface area contributed by atoms with E-state index in [1.54, 1.807) is 12.1 Å². The van der Waals surface area contributed by atoms with Gasteiger partial charge in [0.15, 0.2) is 0 Å². The highest BCUT2D eigenvalue weighted by Gasteiger charge is 2.42. The van der Waals surface area contributed by atoms with E-state index in [-0.39, 0.29) is 6.04 Å². The third kappa shape index (κ3) is 2.18. The molecule has 0 amide bonds. The maximum Gasteiger partial charge on any atom is 0.416 e. The molecule has 1 nitrogen and oxygen atoms in total. The summed E-state index contributed by atoms with van der Waals surface area (Å²) < 4.78 is 37.2. The van der Waals surface area contributed by atoms with Crippen molar-refractivity contribution in [3.8, 4) is 0 Å². The number of halogens is 3. The first-order chi connectivity index (χ1) is 8.04. The minimum atomic E-state index is -4.24. The van der Waals surface area contributed by atoms with Crippen LogP contribution in [0.4, 0.5) is 13.2 Å². The van der Waals surface area contributed by atoms with Crippen molar-refractivity contribution < 1.29 is 13.2 Å². The second-order valence-corrected chi connectivity index (χ2v) is 5.07. The summed E-state index contributed by atoms with van der Waals surface area (Å²) in [5, 5.41) is 3.40. The minimum Gasteiger partial charge on any atom is -0.310 e. The summed E-state index contributed by atoms with van der Waals surface area (Å²) in [6.45, 7) is 1.01.